The average Bonchev–Trinajstić information content (AvgIpc) is 2.97. The quantitative estimate of drug-likeness (QED) is 0.472. The molecule has 3 rings (SSSR count). The Morgan fingerprint density at radius 3 is 2.90 bits per heavy atom. The lowest BCUT2D eigenvalue weighted by atomic mass is 10.0. The van der Waals surface area contributed by atoms with E-state index in [1.165, 1.54) is 23.1 Å². The zero-order valence-electron chi connectivity index (χ0n) is 16.8. The molecule has 0 aliphatic carbocycles. The number of hydrogen-bond acceptors (Lipinski definition) is 4. The van der Waals surface area contributed by atoms with Crippen molar-refractivity contribution >= 4 is 51.2 Å². The average molecular weight is 476 g/mol. The van der Waals surface area contributed by atoms with Crippen LogP contribution < -0.4 is 15.6 Å². The third-order valence-electron chi connectivity index (χ3n) is 4.71. The summed E-state index contributed by atoms with van der Waals surface area (Å²) in [5, 5.41) is 6.93. The number of nitrogens with zero attached hydrogens (tertiary/aromatic N) is 3. The van der Waals surface area contributed by atoms with E-state index < -0.39 is 0 Å². The number of carbonyl (C=O) groups excluding carboxylic acids is 2. The van der Waals surface area contributed by atoms with Crippen LogP contribution in [0.25, 0.3) is 5.70 Å². The summed E-state index contributed by atoms with van der Waals surface area (Å²) in [6, 6.07) is 4.24. The third kappa shape index (κ3) is 4.62. The maximum atomic E-state index is 13.5. The van der Waals surface area contributed by atoms with Gasteiger partial charge in [0, 0.05) is 36.0 Å². The molecule has 0 saturated carbocycles. The molecule has 2 N–H and O–H groups in total. The van der Waals surface area contributed by atoms with E-state index in [1.54, 1.807) is 24.0 Å². The van der Waals surface area contributed by atoms with Gasteiger partial charge < -0.3 is 14.8 Å². The molecule has 1 aliphatic rings. The first-order valence-corrected chi connectivity index (χ1v) is 10.3. The Bertz CT molecular complexity index is 1030. The fourth-order valence-electron chi connectivity index (χ4n) is 3.31. The number of benzene rings is 1. The van der Waals surface area contributed by atoms with Crippen LogP contribution in [0.1, 0.15) is 30.9 Å². The van der Waals surface area contributed by atoms with E-state index in [1.807, 2.05) is 6.92 Å². The van der Waals surface area contributed by atoms with Crippen LogP contribution in [0.15, 0.2) is 40.5 Å². The van der Waals surface area contributed by atoms with Gasteiger partial charge in [-0.3, -0.25) is 15.0 Å². The Hall–Kier alpha value is -2.94. The largest absolute Gasteiger partial charge is 0.336 e. The van der Waals surface area contributed by atoms with Gasteiger partial charge in [0.2, 0.25) is 11.8 Å². The molecule has 9 heteroatoms. The second kappa shape index (κ2) is 9.25. The molecule has 0 saturated heterocycles. The summed E-state index contributed by atoms with van der Waals surface area (Å²) in [6.07, 6.45) is 4.98. The normalized spacial score (nSPS) is 13.5. The number of carbonyl (C=O) groups is 2. The van der Waals surface area contributed by atoms with Crippen LogP contribution in [0.4, 0.5) is 15.9 Å². The predicted molar refractivity (Wildman–Crippen MR) is 120 cm³/mol. The summed E-state index contributed by atoms with van der Waals surface area (Å²) in [5.74, 6) is -0.389. The van der Waals surface area contributed by atoms with Gasteiger partial charge in [-0.2, -0.15) is 5.10 Å². The van der Waals surface area contributed by atoms with Gasteiger partial charge in [-0.25, -0.2) is 4.39 Å². The topological polar surface area (TPSA) is 78.7 Å². The molecule has 0 spiro atoms. The Labute approximate surface area is 182 Å². The summed E-state index contributed by atoms with van der Waals surface area (Å²) in [7, 11) is 1.79. The maximum Gasteiger partial charge on any atom is 0.245 e. The SMILES string of the molecule is C=C(N/N=C\CC)c1c(Br)cn(C)c1NC(=O)CN1C(=O)CCc2cc(F)ccc21. The molecule has 1 aromatic carbocycles. The van der Waals surface area contributed by atoms with Crippen LogP contribution >= 0.6 is 15.9 Å². The zero-order valence-corrected chi connectivity index (χ0v) is 18.4. The Morgan fingerprint density at radius 1 is 1.40 bits per heavy atom. The molecule has 0 bridgehead atoms. The van der Waals surface area contributed by atoms with E-state index in [0.29, 0.717) is 29.2 Å². The lowest BCUT2D eigenvalue weighted by Crippen LogP contribution is -2.41. The van der Waals surface area contributed by atoms with E-state index in [2.05, 4.69) is 38.4 Å². The first-order chi connectivity index (χ1) is 14.3. The highest BCUT2D eigenvalue weighted by molar-refractivity contribution is 9.10. The van der Waals surface area contributed by atoms with Crippen LogP contribution in [0.5, 0.6) is 0 Å². The van der Waals surface area contributed by atoms with Gasteiger partial charge in [0.15, 0.2) is 0 Å². The van der Waals surface area contributed by atoms with Crippen molar-refractivity contribution in [2.75, 3.05) is 16.8 Å². The van der Waals surface area contributed by atoms with Gasteiger partial charge in [0.25, 0.3) is 0 Å². The van der Waals surface area contributed by atoms with Gasteiger partial charge in [-0.05, 0) is 52.5 Å². The van der Waals surface area contributed by atoms with Crippen molar-refractivity contribution < 1.29 is 14.0 Å². The van der Waals surface area contributed by atoms with Crippen molar-refractivity contribution in [3.63, 3.8) is 0 Å². The fourth-order valence-corrected chi connectivity index (χ4v) is 4.05. The zero-order chi connectivity index (χ0) is 21.8. The smallest absolute Gasteiger partial charge is 0.245 e. The summed E-state index contributed by atoms with van der Waals surface area (Å²) in [6.45, 7) is 5.78. The first-order valence-electron chi connectivity index (χ1n) is 9.52. The standard InChI is InChI=1S/C21H23BrFN5O2/c1-4-9-24-26-13(2)20-16(22)11-27(3)21(20)25-18(29)12-28-17-7-6-15(23)10-14(17)5-8-19(28)30/h6-7,9-11,26H,2,4-5,8,12H2,1,3H3,(H,25,29)/b24-9-. The van der Waals surface area contributed by atoms with E-state index in [-0.39, 0.29) is 30.6 Å². The monoisotopic (exact) mass is 475 g/mol. The molecule has 30 heavy (non-hydrogen) atoms. The first kappa shape index (κ1) is 21.8. The van der Waals surface area contributed by atoms with E-state index >= 15 is 0 Å². The Balaban J connectivity index is 1.80. The summed E-state index contributed by atoms with van der Waals surface area (Å²) in [5.41, 5.74) is 5.31. The molecule has 0 fully saturated rings. The van der Waals surface area contributed by atoms with Gasteiger partial charge in [0.05, 0.1) is 11.3 Å². The lowest BCUT2D eigenvalue weighted by molar-refractivity contribution is -0.121. The van der Waals surface area contributed by atoms with E-state index in [9.17, 15) is 14.0 Å². The van der Waals surface area contributed by atoms with Gasteiger partial charge in [-0.15, -0.1) is 0 Å². The molecular formula is C21H23BrFN5O2. The molecule has 0 atom stereocenters. The molecule has 2 aromatic rings. The highest BCUT2D eigenvalue weighted by Crippen LogP contribution is 2.32. The number of anilines is 2. The molecule has 2 amide bonds. The van der Waals surface area contributed by atoms with Crippen molar-refractivity contribution in [1.82, 2.24) is 9.99 Å². The molecule has 158 valence electrons. The number of amides is 2. The summed E-state index contributed by atoms with van der Waals surface area (Å²) >= 11 is 3.48. The second-order valence-corrected chi connectivity index (χ2v) is 7.78. The number of aromatic nitrogens is 1. The third-order valence-corrected chi connectivity index (χ3v) is 5.31. The van der Waals surface area contributed by atoms with Crippen molar-refractivity contribution in [2.45, 2.75) is 26.2 Å². The minimum atomic E-state index is -0.375. The van der Waals surface area contributed by atoms with Gasteiger partial charge >= 0.3 is 0 Å². The van der Waals surface area contributed by atoms with Crippen molar-refractivity contribution in [3.8, 4) is 0 Å². The van der Waals surface area contributed by atoms with E-state index in [4.69, 9.17) is 0 Å². The fraction of sp³-hybridized carbons (Fsp3) is 0.286. The van der Waals surface area contributed by atoms with E-state index in [0.717, 1.165) is 16.5 Å². The van der Waals surface area contributed by atoms with Crippen molar-refractivity contribution in [3.05, 3.63) is 52.4 Å². The highest BCUT2D eigenvalue weighted by atomic mass is 79.9. The predicted octanol–water partition coefficient (Wildman–Crippen LogP) is 3.80. The highest BCUT2D eigenvalue weighted by Gasteiger charge is 2.27. The Kier molecular flexibility index (Phi) is 6.71. The maximum absolute atomic E-state index is 13.5. The van der Waals surface area contributed by atoms with Gasteiger partial charge in [-0.1, -0.05) is 13.5 Å². The minimum absolute atomic E-state index is 0.169. The van der Waals surface area contributed by atoms with Crippen molar-refractivity contribution in [1.29, 1.82) is 0 Å². The van der Waals surface area contributed by atoms with Crippen LogP contribution in [-0.4, -0.2) is 29.1 Å². The molecule has 1 aliphatic heterocycles. The molecule has 2 heterocycles. The molecule has 7 nitrogen and oxygen atoms in total. The summed E-state index contributed by atoms with van der Waals surface area (Å²) < 4.78 is 16.0. The minimum Gasteiger partial charge on any atom is -0.336 e. The number of nitrogens with one attached hydrogen (secondary N) is 2. The Morgan fingerprint density at radius 2 is 2.17 bits per heavy atom. The number of hydrazone groups is 1. The number of fused-ring (bicyclic) bond motifs is 1. The molecule has 0 unspecified atom stereocenters. The molecule has 1 aromatic heterocycles. The number of aryl methyl sites for hydroxylation is 2. The molecular weight excluding hydrogens is 453 g/mol. The van der Waals surface area contributed by atoms with Crippen LogP contribution in [0.2, 0.25) is 0 Å². The second-order valence-electron chi connectivity index (χ2n) is 6.92. The molecule has 0 radical (unpaired) electrons. The number of rotatable bonds is 7. The summed E-state index contributed by atoms with van der Waals surface area (Å²) in [4.78, 5) is 26.6. The van der Waals surface area contributed by atoms with Crippen LogP contribution in [-0.2, 0) is 23.1 Å². The van der Waals surface area contributed by atoms with Crippen molar-refractivity contribution in [2.24, 2.45) is 12.1 Å². The van der Waals surface area contributed by atoms with Crippen LogP contribution in [0, 0.1) is 5.82 Å². The van der Waals surface area contributed by atoms with Gasteiger partial charge in [0.1, 0.15) is 18.2 Å². The van der Waals surface area contributed by atoms with Crippen LogP contribution in [0.3, 0.4) is 0 Å². The number of halogens is 2. The lowest BCUT2D eigenvalue weighted by Gasteiger charge is -2.29. The number of hydrogen-bond donors (Lipinski definition) is 2.